The van der Waals surface area contributed by atoms with Crippen LogP contribution in [-0.2, 0) is 4.79 Å². The quantitative estimate of drug-likeness (QED) is 0.708. The number of anilines is 1. The fourth-order valence-corrected chi connectivity index (χ4v) is 3.76. The van der Waals surface area contributed by atoms with E-state index in [1.165, 1.54) is 0 Å². The summed E-state index contributed by atoms with van der Waals surface area (Å²) in [5.41, 5.74) is 2.82. The molecule has 2 N–H and O–H groups in total. The van der Waals surface area contributed by atoms with Crippen LogP contribution in [-0.4, -0.2) is 35.0 Å². The van der Waals surface area contributed by atoms with Crippen molar-refractivity contribution in [3.63, 3.8) is 0 Å². The Labute approximate surface area is 150 Å². The maximum Gasteiger partial charge on any atom is 0.228 e. The predicted octanol–water partition coefficient (Wildman–Crippen LogP) is 3.30. The van der Waals surface area contributed by atoms with E-state index in [1.54, 1.807) is 11.8 Å². The van der Waals surface area contributed by atoms with E-state index in [4.69, 9.17) is 5.10 Å². The summed E-state index contributed by atoms with van der Waals surface area (Å²) in [7, 11) is 0. The number of nitrogens with one attached hydrogen (secondary N) is 2. The highest BCUT2D eigenvalue weighted by Gasteiger charge is 2.22. The second kappa shape index (κ2) is 6.90. The van der Waals surface area contributed by atoms with Gasteiger partial charge in [0.15, 0.2) is 0 Å². The molecule has 1 saturated heterocycles. The largest absolute Gasteiger partial charge is 0.326 e. The van der Waals surface area contributed by atoms with E-state index in [9.17, 15) is 4.79 Å². The highest BCUT2D eigenvalue weighted by Crippen LogP contribution is 2.30. The number of aromatic nitrogens is 2. The monoisotopic (exact) mass is 352 g/mol. The van der Waals surface area contributed by atoms with E-state index < -0.39 is 0 Å². The van der Waals surface area contributed by atoms with Gasteiger partial charge in [-0.05, 0) is 49.6 Å². The molecule has 1 amide bonds. The summed E-state index contributed by atoms with van der Waals surface area (Å²) >= 11 is 1.63. The third-order valence-corrected chi connectivity index (χ3v) is 5.23. The lowest BCUT2D eigenvalue weighted by Gasteiger charge is -2.10. The van der Waals surface area contributed by atoms with Crippen LogP contribution in [0.15, 0.2) is 53.6 Å². The minimum Gasteiger partial charge on any atom is -0.326 e. The van der Waals surface area contributed by atoms with Gasteiger partial charge in [0.2, 0.25) is 5.91 Å². The number of rotatable bonds is 4. The van der Waals surface area contributed by atoms with Crippen LogP contribution in [0.5, 0.6) is 0 Å². The number of nitrogens with zero attached hydrogens (tertiary/aromatic N) is 2. The number of carbonyl (C=O) groups is 1. The molecule has 2 heterocycles. The fourth-order valence-electron chi connectivity index (χ4n) is 3.20. The van der Waals surface area contributed by atoms with Gasteiger partial charge in [0.25, 0.3) is 0 Å². The van der Waals surface area contributed by atoms with Crippen LogP contribution in [0.3, 0.4) is 0 Å². The highest BCUT2D eigenvalue weighted by atomic mass is 32.2. The molecule has 6 heteroatoms. The molecule has 1 atom stereocenters. The number of thioether (sulfide) groups is 1. The van der Waals surface area contributed by atoms with Crippen LogP contribution in [0.25, 0.3) is 16.6 Å². The molecule has 128 valence electrons. The van der Waals surface area contributed by atoms with E-state index in [-0.39, 0.29) is 11.8 Å². The lowest BCUT2D eigenvalue weighted by molar-refractivity contribution is -0.119. The Bertz CT molecular complexity index is 900. The summed E-state index contributed by atoms with van der Waals surface area (Å²) < 4.78 is 1.94. The summed E-state index contributed by atoms with van der Waals surface area (Å²) in [6.07, 6.45) is 2.92. The lowest BCUT2D eigenvalue weighted by Crippen LogP contribution is -2.24. The summed E-state index contributed by atoms with van der Waals surface area (Å²) in [6.45, 7) is 1.67. The summed E-state index contributed by atoms with van der Waals surface area (Å²) in [6, 6.07) is 16.1. The third-order valence-electron chi connectivity index (χ3n) is 4.54. The first-order valence-corrected chi connectivity index (χ1v) is 9.62. The molecule has 5 nitrogen and oxygen atoms in total. The highest BCUT2D eigenvalue weighted by molar-refractivity contribution is 7.98. The molecule has 25 heavy (non-hydrogen) atoms. The first kappa shape index (κ1) is 16.2. The van der Waals surface area contributed by atoms with Crippen LogP contribution in [0.2, 0.25) is 0 Å². The van der Waals surface area contributed by atoms with Crippen LogP contribution < -0.4 is 10.6 Å². The third kappa shape index (κ3) is 3.15. The normalized spacial score (nSPS) is 17.1. The fraction of sp³-hybridized carbons (Fsp3) is 0.263. The van der Waals surface area contributed by atoms with Gasteiger partial charge < -0.3 is 10.6 Å². The van der Waals surface area contributed by atoms with E-state index in [1.807, 2.05) is 59.5 Å². The molecule has 0 aliphatic carbocycles. The molecule has 2 aromatic carbocycles. The van der Waals surface area contributed by atoms with Crippen molar-refractivity contribution >= 4 is 34.3 Å². The molecule has 0 spiro atoms. The number of fused-ring (bicyclic) bond motifs is 1. The van der Waals surface area contributed by atoms with Crippen molar-refractivity contribution in [1.29, 1.82) is 0 Å². The molecule has 1 aromatic heterocycles. The number of hydrogen-bond donors (Lipinski definition) is 2. The molecule has 0 bridgehead atoms. The van der Waals surface area contributed by atoms with Crippen molar-refractivity contribution in [3.05, 3.63) is 48.5 Å². The molecule has 1 fully saturated rings. The minimum atomic E-state index is 0.0523. The van der Waals surface area contributed by atoms with Gasteiger partial charge in [0.05, 0.1) is 17.1 Å². The van der Waals surface area contributed by atoms with E-state index in [0.717, 1.165) is 46.8 Å². The maximum absolute atomic E-state index is 12.4. The van der Waals surface area contributed by atoms with Gasteiger partial charge >= 0.3 is 0 Å². The van der Waals surface area contributed by atoms with Crippen molar-refractivity contribution in [3.8, 4) is 5.69 Å². The van der Waals surface area contributed by atoms with Gasteiger partial charge in [-0.3, -0.25) is 4.79 Å². The molecule has 0 radical (unpaired) electrons. The Morgan fingerprint density at radius 3 is 2.84 bits per heavy atom. The Morgan fingerprint density at radius 2 is 2.12 bits per heavy atom. The zero-order valence-corrected chi connectivity index (χ0v) is 14.8. The van der Waals surface area contributed by atoms with Crippen LogP contribution in [0.4, 0.5) is 5.69 Å². The molecular weight excluding hydrogens is 332 g/mol. The predicted molar refractivity (Wildman–Crippen MR) is 102 cm³/mol. The van der Waals surface area contributed by atoms with Crippen molar-refractivity contribution in [2.24, 2.45) is 5.92 Å². The molecule has 4 rings (SSSR count). The van der Waals surface area contributed by atoms with Gasteiger partial charge in [-0.25, -0.2) is 4.68 Å². The van der Waals surface area contributed by atoms with E-state index >= 15 is 0 Å². The van der Waals surface area contributed by atoms with Crippen LogP contribution >= 0.6 is 11.8 Å². The van der Waals surface area contributed by atoms with Gasteiger partial charge in [-0.2, -0.15) is 5.10 Å². The second-order valence-electron chi connectivity index (χ2n) is 6.17. The minimum absolute atomic E-state index is 0.0523. The summed E-state index contributed by atoms with van der Waals surface area (Å²) in [4.78, 5) is 12.4. The SMILES string of the molecule is CSc1nn(-c2ccccc2)c2cc(NC(=O)C3CCNC3)ccc12. The Kier molecular flexibility index (Phi) is 4.46. The molecule has 1 aliphatic rings. The number of para-hydroxylation sites is 1. The molecule has 3 aromatic rings. The van der Waals surface area contributed by atoms with E-state index in [0.29, 0.717) is 0 Å². The van der Waals surface area contributed by atoms with Gasteiger partial charge in [-0.15, -0.1) is 11.8 Å². The Hall–Kier alpha value is -2.31. The van der Waals surface area contributed by atoms with Gasteiger partial charge in [-0.1, -0.05) is 18.2 Å². The number of hydrogen-bond acceptors (Lipinski definition) is 4. The summed E-state index contributed by atoms with van der Waals surface area (Å²) in [5, 5.41) is 13.1. The van der Waals surface area contributed by atoms with Gasteiger partial charge in [0.1, 0.15) is 5.03 Å². The number of amides is 1. The van der Waals surface area contributed by atoms with E-state index in [2.05, 4.69) is 10.6 Å². The average Bonchev–Trinajstić information content (AvgIpc) is 3.30. The van der Waals surface area contributed by atoms with Crippen molar-refractivity contribution < 1.29 is 4.79 Å². The molecule has 1 unspecified atom stereocenters. The molecule has 1 aliphatic heterocycles. The molecule has 0 saturated carbocycles. The van der Waals surface area contributed by atoms with Crippen LogP contribution in [0.1, 0.15) is 6.42 Å². The topological polar surface area (TPSA) is 59.0 Å². The standard InChI is InChI=1S/C19H20N4OS/c1-25-19-16-8-7-14(21-18(24)13-9-10-20-12-13)11-17(16)23(22-19)15-5-3-2-4-6-15/h2-8,11,13,20H,9-10,12H2,1H3,(H,21,24). The first-order chi connectivity index (χ1) is 12.3. The maximum atomic E-state index is 12.4. The van der Waals surface area contributed by atoms with Crippen LogP contribution in [0, 0.1) is 5.92 Å². The summed E-state index contributed by atoms with van der Waals surface area (Å²) in [5.74, 6) is 0.136. The Balaban J connectivity index is 1.72. The lowest BCUT2D eigenvalue weighted by atomic mass is 10.1. The Morgan fingerprint density at radius 1 is 1.28 bits per heavy atom. The zero-order valence-electron chi connectivity index (χ0n) is 14.0. The number of benzene rings is 2. The van der Waals surface area contributed by atoms with Gasteiger partial charge in [0, 0.05) is 17.6 Å². The zero-order chi connectivity index (χ0) is 17.2. The molecular formula is C19H20N4OS. The second-order valence-corrected chi connectivity index (χ2v) is 6.96. The first-order valence-electron chi connectivity index (χ1n) is 8.40. The number of carbonyl (C=O) groups excluding carboxylic acids is 1. The van der Waals surface area contributed by atoms with Crippen molar-refractivity contribution in [2.75, 3.05) is 24.7 Å². The average molecular weight is 352 g/mol. The van der Waals surface area contributed by atoms with Crippen molar-refractivity contribution in [1.82, 2.24) is 15.1 Å². The van der Waals surface area contributed by atoms with Crippen molar-refractivity contribution in [2.45, 2.75) is 11.4 Å². The smallest absolute Gasteiger partial charge is 0.228 e.